The molecule has 6 nitrogen and oxygen atoms in total. The summed E-state index contributed by atoms with van der Waals surface area (Å²) in [5, 5.41) is 10.9. The van der Waals surface area contributed by atoms with Gasteiger partial charge in [-0.15, -0.1) is 0 Å². The monoisotopic (exact) mass is 395 g/mol. The molecule has 1 saturated heterocycles. The van der Waals surface area contributed by atoms with Gasteiger partial charge in [0.05, 0.1) is 39.4 Å². The molecule has 0 saturated carbocycles. The number of quaternary nitrogens is 1. The zero-order valence-electron chi connectivity index (χ0n) is 17.0. The lowest BCUT2D eigenvalue weighted by Crippen LogP contribution is -3.05. The van der Waals surface area contributed by atoms with Crippen LogP contribution in [0.2, 0.25) is 0 Å². The molecule has 1 fully saturated rings. The highest BCUT2D eigenvalue weighted by molar-refractivity contribution is 6.46. The number of ketones is 1. The second-order valence-corrected chi connectivity index (χ2v) is 7.44. The molecule has 0 unspecified atom stereocenters. The first-order valence-electron chi connectivity index (χ1n) is 9.71. The van der Waals surface area contributed by atoms with Crippen LogP contribution in [0.1, 0.15) is 23.6 Å². The molecule has 0 bridgehead atoms. The molecule has 6 heteroatoms. The second-order valence-electron chi connectivity index (χ2n) is 7.44. The van der Waals surface area contributed by atoms with Gasteiger partial charge in [-0.05, 0) is 17.7 Å². The predicted molar refractivity (Wildman–Crippen MR) is 111 cm³/mol. The van der Waals surface area contributed by atoms with Gasteiger partial charge in [0.25, 0.3) is 11.7 Å². The molecule has 3 rings (SSSR count). The molecule has 0 aliphatic carbocycles. The van der Waals surface area contributed by atoms with Crippen molar-refractivity contribution in [2.75, 3.05) is 34.3 Å². The van der Waals surface area contributed by atoms with Gasteiger partial charge in [0.15, 0.2) is 0 Å². The Hall–Kier alpha value is -3.12. The molecule has 2 aromatic carbocycles. The van der Waals surface area contributed by atoms with Crippen LogP contribution in [0.25, 0.3) is 5.76 Å². The lowest BCUT2D eigenvalue weighted by atomic mass is 9.95. The van der Waals surface area contributed by atoms with Crippen molar-refractivity contribution >= 4 is 17.4 Å². The number of carbonyl (C=O) groups excluding carboxylic acids is 2. The van der Waals surface area contributed by atoms with Gasteiger partial charge in [-0.3, -0.25) is 9.59 Å². The number of rotatable bonds is 7. The van der Waals surface area contributed by atoms with E-state index in [1.807, 2.05) is 32.3 Å². The maximum Gasteiger partial charge on any atom is 0.295 e. The van der Waals surface area contributed by atoms with Crippen molar-refractivity contribution in [3.05, 3.63) is 71.3 Å². The second kappa shape index (κ2) is 8.92. The first-order valence-corrected chi connectivity index (χ1v) is 9.71. The topological polar surface area (TPSA) is 71.3 Å². The molecule has 1 atom stereocenters. The third-order valence-electron chi connectivity index (χ3n) is 5.09. The normalized spacial score (nSPS) is 18.5. The molecular formula is C23H27N2O4+. The molecule has 0 spiro atoms. The maximum absolute atomic E-state index is 12.9. The number of amides is 1. The summed E-state index contributed by atoms with van der Waals surface area (Å²) in [5.74, 6) is -0.683. The molecule has 0 radical (unpaired) electrons. The summed E-state index contributed by atoms with van der Waals surface area (Å²) in [7, 11) is 5.68. The van der Waals surface area contributed by atoms with Crippen molar-refractivity contribution in [3.63, 3.8) is 0 Å². The van der Waals surface area contributed by atoms with E-state index in [0.29, 0.717) is 17.9 Å². The number of nitrogens with zero attached hydrogens (tertiary/aromatic N) is 1. The first-order chi connectivity index (χ1) is 13.9. The quantitative estimate of drug-likeness (QED) is 0.425. The van der Waals surface area contributed by atoms with Gasteiger partial charge in [-0.1, -0.05) is 42.5 Å². The molecule has 1 aliphatic rings. The van der Waals surface area contributed by atoms with Gasteiger partial charge < -0.3 is 19.6 Å². The Morgan fingerprint density at radius 1 is 1.07 bits per heavy atom. The highest BCUT2D eigenvalue weighted by atomic mass is 16.5. The van der Waals surface area contributed by atoms with Crippen LogP contribution in [0.4, 0.5) is 0 Å². The number of carbonyl (C=O) groups is 2. The average Bonchev–Trinajstić information content (AvgIpc) is 2.98. The Bertz CT molecular complexity index is 904. The van der Waals surface area contributed by atoms with Crippen molar-refractivity contribution in [1.29, 1.82) is 0 Å². The van der Waals surface area contributed by atoms with E-state index in [-0.39, 0.29) is 11.3 Å². The highest BCUT2D eigenvalue weighted by Gasteiger charge is 2.45. The van der Waals surface area contributed by atoms with Crippen molar-refractivity contribution in [2.45, 2.75) is 12.5 Å². The van der Waals surface area contributed by atoms with Crippen molar-refractivity contribution in [2.24, 2.45) is 0 Å². The van der Waals surface area contributed by atoms with Crippen LogP contribution in [0.3, 0.4) is 0 Å². The standard InChI is InChI=1S/C23H26N2O4/c1-24(2)14-7-15-25-20(16-10-12-18(29-3)13-11-16)19(22(27)23(25)28)21(26)17-8-5-4-6-9-17/h4-6,8-13,20,26H,7,14-15H2,1-3H3/p+1/t20-/m1/s1. The minimum atomic E-state index is -0.649. The molecule has 2 aromatic rings. The van der Waals surface area contributed by atoms with E-state index in [0.717, 1.165) is 18.5 Å². The van der Waals surface area contributed by atoms with Gasteiger partial charge in [-0.2, -0.15) is 0 Å². The van der Waals surface area contributed by atoms with E-state index in [1.54, 1.807) is 48.4 Å². The number of hydrogen-bond donors (Lipinski definition) is 2. The third-order valence-corrected chi connectivity index (χ3v) is 5.09. The van der Waals surface area contributed by atoms with Gasteiger partial charge in [0.2, 0.25) is 0 Å². The number of ether oxygens (including phenoxy) is 1. The average molecular weight is 395 g/mol. The smallest absolute Gasteiger partial charge is 0.295 e. The maximum atomic E-state index is 12.9. The van der Waals surface area contributed by atoms with Crippen molar-refractivity contribution in [1.82, 2.24) is 4.90 Å². The largest absolute Gasteiger partial charge is 0.507 e. The molecular weight excluding hydrogens is 368 g/mol. The highest BCUT2D eigenvalue weighted by Crippen LogP contribution is 2.39. The van der Waals surface area contributed by atoms with Gasteiger partial charge in [0.1, 0.15) is 11.5 Å². The zero-order valence-corrected chi connectivity index (χ0v) is 17.0. The number of Topliss-reactive ketones (excluding diaryl/α,β-unsaturated/α-hetero) is 1. The fourth-order valence-electron chi connectivity index (χ4n) is 3.60. The van der Waals surface area contributed by atoms with Crippen LogP contribution < -0.4 is 9.64 Å². The Morgan fingerprint density at radius 2 is 1.72 bits per heavy atom. The minimum absolute atomic E-state index is 0.128. The number of hydrogen-bond acceptors (Lipinski definition) is 4. The minimum Gasteiger partial charge on any atom is -0.507 e. The van der Waals surface area contributed by atoms with E-state index in [9.17, 15) is 14.7 Å². The third kappa shape index (κ3) is 4.32. The fraction of sp³-hybridized carbons (Fsp3) is 0.304. The lowest BCUT2D eigenvalue weighted by Gasteiger charge is -2.25. The summed E-state index contributed by atoms with van der Waals surface area (Å²) in [6, 6.07) is 15.5. The number of methoxy groups -OCH3 is 1. The molecule has 152 valence electrons. The number of aliphatic hydroxyl groups is 1. The Morgan fingerprint density at radius 3 is 2.31 bits per heavy atom. The molecule has 1 aliphatic heterocycles. The number of aliphatic hydroxyl groups excluding tert-OH is 1. The van der Waals surface area contributed by atoms with Crippen LogP contribution in [-0.2, 0) is 9.59 Å². The summed E-state index contributed by atoms with van der Waals surface area (Å²) in [6.07, 6.45) is 0.757. The first kappa shape index (κ1) is 20.6. The van der Waals surface area contributed by atoms with Crippen LogP contribution in [0, 0.1) is 0 Å². The summed E-state index contributed by atoms with van der Waals surface area (Å²) < 4.78 is 5.22. The summed E-state index contributed by atoms with van der Waals surface area (Å²) in [4.78, 5) is 28.6. The van der Waals surface area contributed by atoms with Gasteiger partial charge >= 0.3 is 0 Å². The molecule has 29 heavy (non-hydrogen) atoms. The molecule has 2 N–H and O–H groups in total. The van der Waals surface area contributed by atoms with Crippen LogP contribution in [-0.4, -0.2) is 56.0 Å². The summed E-state index contributed by atoms with van der Waals surface area (Å²) in [5.41, 5.74) is 1.41. The number of nitrogens with one attached hydrogen (secondary N) is 1. The van der Waals surface area contributed by atoms with E-state index >= 15 is 0 Å². The van der Waals surface area contributed by atoms with Gasteiger partial charge in [0, 0.05) is 18.5 Å². The molecule has 1 heterocycles. The Kier molecular flexibility index (Phi) is 6.34. The van der Waals surface area contributed by atoms with Gasteiger partial charge in [-0.25, -0.2) is 0 Å². The van der Waals surface area contributed by atoms with Crippen molar-refractivity contribution < 1.29 is 24.3 Å². The van der Waals surface area contributed by atoms with Crippen LogP contribution >= 0.6 is 0 Å². The van der Waals surface area contributed by atoms with E-state index < -0.39 is 17.7 Å². The van der Waals surface area contributed by atoms with E-state index in [1.165, 1.54) is 4.90 Å². The molecule has 1 amide bonds. The molecule has 0 aromatic heterocycles. The Labute approximate surface area is 171 Å². The van der Waals surface area contributed by atoms with Crippen molar-refractivity contribution in [3.8, 4) is 5.75 Å². The van der Waals surface area contributed by atoms with Crippen LogP contribution in [0.5, 0.6) is 5.75 Å². The predicted octanol–water partition coefficient (Wildman–Crippen LogP) is 1.65. The van der Waals surface area contributed by atoms with E-state index in [4.69, 9.17) is 4.74 Å². The van der Waals surface area contributed by atoms with E-state index in [2.05, 4.69) is 0 Å². The summed E-state index contributed by atoms with van der Waals surface area (Å²) in [6.45, 7) is 1.31. The SMILES string of the molecule is COc1ccc([C@@H]2C(=C(O)c3ccccc3)C(=O)C(=O)N2CCC[NH+](C)C)cc1. The number of benzene rings is 2. The van der Waals surface area contributed by atoms with Crippen LogP contribution in [0.15, 0.2) is 60.2 Å². The fourth-order valence-corrected chi connectivity index (χ4v) is 3.60. The lowest BCUT2D eigenvalue weighted by molar-refractivity contribution is -0.858. The zero-order chi connectivity index (χ0) is 21.0. The Balaban J connectivity index is 2.06. The summed E-state index contributed by atoms with van der Waals surface area (Å²) >= 11 is 0. The number of likely N-dealkylation sites (tertiary alicyclic amines) is 1.